The average Bonchev–Trinajstić information content (AvgIpc) is 2.47. The van der Waals surface area contributed by atoms with E-state index in [0.29, 0.717) is 18.4 Å². The molecule has 1 saturated heterocycles. The number of likely N-dealkylation sites (tertiary alicyclic amines) is 1. The fourth-order valence-corrected chi connectivity index (χ4v) is 3.05. The molecule has 2 atom stereocenters. The third-order valence-corrected chi connectivity index (χ3v) is 4.01. The van der Waals surface area contributed by atoms with Crippen molar-refractivity contribution in [3.8, 4) is 5.75 Å². The normalized spacial score (nSPS) is 22.0. The van der Waals surface area contributed by atoms with Crippen LogP contribution >= 0.6 is 0 Å². The van der Waals surface area contributed by atoms with Crippen molar-refractivity contribution in [3.05, 3.63) is 29.8 Å². The molecule has 1 fully saturated rings. The average molecular weight is 290 g/mol. The second-order valence-corrected chi connectivity index (χ2v) is 6.18. The molecule has 1 heterocycles. The molecule has 116 valence electrons. The Hall–Kier alpha value is -1.71. The van der Waals surface area contributed by atoms with E-state index >= 15 is 0 Å². The quantitative estimate of drug-likeness (QED) is 0.926. The Kier molecular flexibility index (Phi) is 5.48. The summed E-state index contributed by atoms with van der Waals surface area (Å²) in [5.74, 6) is 2.06. The van der Waals surface area contributed by atoms with Crippen LogP contribution in [0.3, 0.4) is 0 Å². The van der Waals surface area contributed by atoms with E-state index in [-0.39, 0.29) is 6.03 Å². The number of urea groups is 1. The first-order valence-corrected chi connectivity index (χ1v) is 7.74. The van der Waals surface area contributed by atoms with E-state index in [1.54, 1.807) is 7.11 Å². The van der Waals surface area contributed by atoms with Gasteiger partial charge in [-0.05, 0) is 42.4 Å². The van der Waals surface area contributed by atoms with Gasteiger partial charge in [0.1, 0.15) is 5.75 Å². The van der Waals surface area contributed by atoms with Crippen LogP contribution in [0.4, 0.5) is 4.79 Å². The molecule has 0 aromatic heterocycles. The summed E-state index contributed by atoms with van der Waals surface area (Å²) in [7, 11) is 1.66. The lowest BCUT2D eigenvalue weighted by atomic mass is 9.92. The van der Waals surface area contributed by atoms with Crippen molar-refractivity contribution in [2.75, 3.05) is 26.7 Å². The first-order valence-electron chi connectivity index (χ1n) is 7.74. The van der Waals surface area contributed by atoms with Crippen LogP contribution in [0, 0.1) is 11.8 Å². The van der Waals surface area contributed by atoms with Gasteiger partial charge in [0.05, 0.1) is 7.11 Å². The number of nitrogens with one attached hydrogen (secondary N) is 1. The monoisotopic (exact) mass is 290 g/mol. The second kappa shape index (κ2) is 7.34. The second-order valence-electron chi connectivity index (χ2n) is 6.18. The topological polar surface area (TPSA) is 41.6 Å². The lowest BCUT2D eigenvalue weighted by molar-refractivity contribution is 0.146. The van der Waals surface area contributed by atoms with Crippen molar-refractivity contribution in [2.45, 2.75) is 26.7 Å². The summed E-state index contributed by atoms with van der Waals surface area (Å²) >= 11 is 0. The number of amides is 2. The van der Waals surface area contributed by atoms with E-state index in [0.717, 1.165) is 25.3 Å². The molecule has 21 heavy (non-hydrogen) atoms. The van der Waals surface area contributed by atoms with Crippen LogP contribution in [0.15, 0.2) is 24.3 Å². The zero-order valence-corrected chi connectivity index (χ0v) is 13.3. The SMILES string of the molecule is COc1ccc(CCNC(=O)N2CC(C)CC(C)C2)cc1. The molecule has 2 rings (SSSR count). The fraction of sp³-hybridized carbons (Fsp3) is 0.588. The smallest absolute Gasteiger partial charge is 0.317 e. The van der Waals surface area contributed by atoms with Crippen molar-refractivity contribution in [1.29, 1.82) is 0 Å². The number of hydrogen-bond donors (Lipinski definition) is 1. The van der Waals surface area contributed by atoms with Gasteiger partial charge < -0.3 is 15.0 Å². The summed E-state index contributed by atoms with van der Waals surface area (Å²) in [6, 6.07) is 8.05. The highest BCUT2D eigenvalue weighted by Gasteiger charge is 2.24. The highest BCUT2D eigenvalue weighted by Crippen LogP contribution is 2.20. The minimum Gasteiger partial charge on any atom is -0.497 e. The number of piperidine rings is 1. The first kappa shape index (κ1) is 15.7. The Morgan fingerprint density at radius 2 is 1.86 bits per heavy atom. The van der Waals surface area contributed by atoms with Crippen molar-refractivity contribution in [1.82, 2.24) is 10.2 Å². The molecule has 2 unspecified atom stereocenters. The maximum absolute atomic E-state index is 12.2. The van der Waals surface area contributed by atoms with Crippen molar-refractivity contribution in [3.63, 3.8) is 0 Å². The van der Waals surface area contributed by atoms with Gasteiger partial charge in [0.2, 0.25) is 0 Å². The summed E-state index contributed by atoms with van der Waals surface area (Å²) in [5.41, 5.74) is 1.21. The predicted molar refractivity (Wildman–Crippen MR) is 84.6 cm³/mol. The van der Waals surface area contributed by atoms with Crippen LogP contribution in [-0.2, 0) is 6.42 Å². The maximum Gasteiger partial charge on any atom is 0.317 e. The highest BCUT2D eigenvalue weighted by atomic mass is 16.5. The number of benzene rings is 1. The zero-order chi connectivity index (χ0) is 15.2. The summed E-state index contributed by atoms with van der Waals surface area (Å²) in [6.45, 7) is 6.85. The van der Waals surface area contributed by atoms with E-state index in [2.05, 4.69) is 19.2 Å². The first-order chi connectivity index (χ1) is 10.1. The van der Waals surface area contributed by atoms with Gasteiger partial charge >= 0.3 is 6.03 Å². The summed E-state index contributed by atoms with van der Waals surface area (Å²) in [6.07, 6.45) is 2.06. The summed E-state index contributed by atoms with van der Waals surface area (Å²) < 4.78 is 5.13. The van der Waals surface area contributed by atoms with Gasteiger partial charge in [-0.15, -0.1) is 0 Å². The van der Waals surface area contributed by atoms with Gasteiger partial charge in [0.15, 0.2) is 0 Å². The number of ether oxygens (including phenoxy) is 1. The molecule has 2 amide bonds. The van der Waals surface area contributed by atoms with Crippen molar-refractivity contribution >= 4 is 6.03 Å². The molecule has 1 aromatic rings. The summed E-state index contributed by atoms with van der Waals surface area (Å²) in [5, 5.41) is 3.03. The van der Waals surface area contributed by atoms with Crippen LogP contribution in [0.2, 0.25) is 0 Å². The molecule has 1 aromatic carbocycles. The third kappa shape index (κ3) is 4.66. The number of methoxy groups -OCH3 is 1. The lowest BCUT2D eigenvalue weighted by Gasteiger charge is -2.34. The van der Waals surface area contributed by atoms with Gasteiger partial charge in [-0.2, -0.15) is 0 Å². The molecule has 0 radical (unpaired) electrons. The number of hydrogen-bond acceptors (Lipinski definition) is 2. The molecule has 0 aliphatic carbocycles. The Morgan fingerprint density at radius 3 is 2.43 bits per heavy atom. The zero-order valence-electron chi connectivity index (χ0n) is 13.3. The van der Waals surface area contributed by atoms with Gasteiger partial charge in [-0.3, -0.25) is 0 Å². The molecule has 0 bridgehead atoms. The number of carbonyl (C=O) groups excluding carboxylic acids is 1. The van der Waals surface area contributed by atoms with E-state index in [9.17, 15) is 4.79 Å². The van der Waals surface area contributed by atoms with Gasteiger partial charge in [-0.25, -0.2) is 4.79 Å². The van der Waals surface area contributed by atoms with E-state index in [1.807, 2.05) is 29.2 Å². The van der Waals surface area contributed by atoms with E-state index in [1.165, 1.54) is 12.0 Å². The van der Waals surface area contributed by atoms with Gasteiger partial charge in [0.25, 0.3) is 0 Å². The molecule has 4 heteroatoms. The molecular formula is C17H26N2O2. The highest BCUT2D eigenvalue weighted by molar-refractivity contribution is 5.74. The van der Waals surface area contributed by atoms with Crippen LogP contribution in [-0.4, -0.2) is 37.7 Å². The van der Waals surface area contributed by atoms with Crippen molar-refractivity contribution in [2.24, 2.45) is 11.8 Å². The molecule has 0 spiro atoms. The number of rotatable bonds is 4. The van der Waals surface area contributed by atoms with E-state index < -0.39 is 0 Å². The molecule has 0 saturated carbocycles. The molecule has 1 aliphatic rings. The summed E-state index contributed by atoms with van der Waals surface area (Å²) in [4.78, 5) is 14.1. The van der Waals surface area contributed by atoms with Crippen LogP contribution in [0.5, 0.6) is 5.75 Å². The maximum atomic E-state index is 12.2. The number of carbonyl (C=O) groups is 1. The fourth-order valence-electron chi connectivity index (χ4n) is 3.05. The van der Waals surface area contributed by atoms with Gasteiger partial charge in [-0.1, -0.05) is 26.0 Å². The Morgan fingerprint density at radius 1 is 1.24 bits per heavy atom. The standard InChI is InChI=1S/C17H26N2O2/c1-13-10-14(2)12-19(11-13)17(20)18-9-8-15-4-6-16(21-3)7-5-15/h4-7,13-14H,8-12H2,1-3H3,(H,18,20). The predicted octanol–water partition coefficient (Wildman–Crippen LogP) is 2.93. The number of nitrogens with zero attached hydrogens (tertiary/aromatic N) is 1. The lowest BCUT2D eigenvalue weighted by Crippen LogP contribution is -2.47. The molecule has 4 nitrogen and oxygen atoms in total. The Balaban J connectivity index is 1.75. The molecule has 1 aliphatic heterocycles. The Labute approximate surface area is 127 Å². The molecular weight excluding hydrogens is 264 g/mol. The molecule has 1 N–H and O–H groups in total. The third-order valence-electron chi connectivity index (χ3n) is 4.01. The minimum atomic E-state index is 0.0712. The minimum absolute atomic E-state index is 0.0712. The Bertz CT molecular complexity index is 448. The van der Waals surface area contributed by atoms with Crippen LogP contribution in [0.1, 0.15) is 25.8 Å². The largest absolute Gasteiger partial charge is 0.497 e. The van der Waals surface area contributed by atoms with Crippen molar-refractivity contribution < 1.29 is 9.53 Å². The van der Waals surface area contributed by atoms with Gasteiger partial charge in [0, 0.05) is 19.6 Å². The van der Waals surface area contributed by atoms with Crippen LogP contribution < -0.4 is 10.1 Å². The van der Waals surface area contributed by atoms with Crippen LogP contribution in [0.25, 0.3) is 0 Å². The van der Waals surface area contributed by atoms with E-state index in [4.69, 9.17) is 4.74 Å².